The Morgan fingerprint density at radius 1 is 0.960 bits per heavy atom. The smallest absolute Gasteiger partial charge is 0.416 e. The van der Waals surface area contributed by atoms with Crippen LogP contribution in [0.15, 0.2) is 41.3 Å². The largest absolute Gasteiger partial charge is 0.478 e. The van der Waals surface area contributed by atoms with Crippen LogP contribution in [0.1, 0.15) is 49.5 Å². The second kappa shape index (κ2) is 17.5. The molecule has 3 rings (SSSR count). The lowest BCUT2D eigenvalue weighted by Gasteiger charge is -2.23. The van der Waals surface area contributed by atoms with Crippen molar-refractivity contribution < 1.29 is 50.9 Å². The van der Waals surface area contributed by atoms with E-state index in [1.54, 1.807) is 25.5 Å². The Balaban J connectivity index is 0.000000352. The van der Waals surface area contributed by atoms with E-state index in [0.717, 1.165) is 12.1 Å². The minimum Gasteiger partial charge on any atom is -0.478 e. The van der Waals surface area contributed by atoms with E-state index < -0.39 is 65.4 Å². The molecule has 4 N–H and O–H groups in total. The second-order valence-corrected chi connectivity index (χ2v) is 11.3. The first kappa shape index (κ1) is 40.3. The van der Waals surface area contributed by atoms with E-state index in [0.29, 0.717) is 25.0 Å². The Kier molecular flexibility index (Phi) is 14.1. The van der Waals surface area contributed by atoms with Crippen LogP contribution in [0.4, 0.5) is 46.9 Å². The predicted molar refractivity (Wildman–Crippen MR) is 171 cm³/mol. The maximum absolute atomic E-state index is 12.8. The number of halogens is 3. The highest BCUT2D eigenvalue weighted by molar-refractivity contribution is 7.90. The van der Waals surface area contributed by atoms with Crippen LogP contribution in [-0.2, 0) is 16.2 Å². The van der Waals surface area contributed by atoms with Gasteiger partial charge in [-0.25, -0.2) is 22.7 Å². The van der Waals surface area contributed by atoms with Gasteiger partial charge in [0.2, 0.25) is 11.9 Å². The molecule has 0 saturated heterocycles. The SMILES string of the molecule is CCCN(CCC)c1c([N+](=O)[O-])cc(C(F)(F)F)cc1[N+](=O)[O-].CCOc1nc(NC)nc(NC(=O)NS(=O)(=O)c2ccccc2C(=O)O)n1. The van der Waals surface area contributed by atoms with Gasteiger partial charge in [-0.2, -0.15) is 28.1 Å². The number of carboxylic acids is 1. The van der Waals surface area contributed by atoms with Crippen LogP contribution in [-0.4, -0.2) is 77.1 Å². The minimum atomic E-state index is -4.91. The lowest BCUT2D eigenvalue weighted by Crippen LogP contribution is -2.35. The molecule has 0 aliphatic heterocycles. The van der Waals surface area contributed by atoms with Crippen molar-refractivity contribution in [1.82, 2.24) is 19.7 Å². The van der Waals surface area contributed by atoms with E-state index in [1.807, 2.05) is 0 Å². The van der Waals surface area contributed by atoms with Gasteiger partial charge < -0.3 is 20.1 Å². The van der Waals surface area contributed by atoms with Crippen molar-refractivity contribution in [2.24, 2.45) is 0 Å². The number of hydrogen-bond donors (Lipinski definition) is 4. The highest BCUT2D eigenvalue weighted by Crippen LogP contribution is 2.43. The Bertz CT molecular complexity index is 1790. The van der Waals surface area contributed by atoms with Gasteiger partial charge in [-0.1, -0.05) is 26.0 Å². The van der Waals surface area contributed by atoms with Crippen molar-refractivity contribution in [3.05, 3.63) is 67.8 Å². The molecule has 0 unspecified atom stereocenters. The predicted octanol–water partition coefficient (Wildman–Crippen LogP) is 4.67. The number of aromatic carboxylic acids is 1. The number of sulfonamides is 1. The number of nitrogens with zero attached hydrogens (tertiary/aromatic N) is 6. The van der Waals surface area contributed by atoms with E-state index in [1.165, 1.54) is 24.1 Å². The first-order valence-electron chi connectivity index (χ1n) is 14.4. The Labute approximate surface area is 282 Å². The number of nitro benzene ring substituents is 2. The van der Waals surface area contributed by atoms with Gasteiger partial charge in [-0.15, -0.1) is 0 Å². The number of anilines is 3. The highest BCUT2D eigenvalue weighted by Gasteiger charge is 2.39. The fourth-order valence-electron chi connectivity index (χ4n) is 4.15. The number of aromatic nitrogens is 3. The van der Waals surface area contributed by atoms with Crippen molar-refractivity contribution >= 4 is 51.0 Å². The molecule has 0 fully saturated rings. The lowest BCUT2D eigenvalue weighted by atomic mass is 10.1. The van der Waals surface area contributed by atoms with E-state index in [-0.39, 0.29) is 43.3 Å². The molecule has 0 spiro atoms. The van der Waals surface area contributed by atoms with Gasteiger partial charge in [-0.3, -0.25) is 25.5 Å². The Morgan fingerprint density at radius 2 is 1.50 bits per heavy atom. The molecule has 272 valence electrons. The highest BCUT2D eigenvalue weighted by atomic mass is 32.2. The maximum Gasteiger partial charge on any atom is 0.416 e. The summed E-state index contributed by atoms with van der Waals surface area (Å²) in [4.78, 5) is 55.9. The zero-order valence-corrected chi connectivity index (χ0v) is 27.7. The average Bonchev–Trinajstić information content (AvgIpc) is 3.03. The number of carbonyl (C=O) groups excluding carboxylic acids is 1. The van der Waals surface area contributed by atoms with Crippen LogP contribution in [0, 0.1) is 20.2 Å². The number of nitro groups is 2. The molecule has 2 amide bonds. The number of nitrogens with one attached hydrogen (secondary N) is 3. The monoisotopic (exact) mass is 731 g/mol. The quantitative estimate of drug-likeness (QED) is 0.130. The van der Waals surface area contributed by atoms with Crippen molar-refractivity contribution in [3.8, 4) is 6.01 Å². The van der Waals surface area contributed by atoms with Gasteiger partial charge in [0.1, 0.15) is 4.90 Å². The van der Waals surface area contributed by atoms with Gasteiger partial charge in [0, 0.05) is 32.3 Å². The summed E-state index contributed by atoms with van der Waals surface area (Å²) in [6.45, 7) is 6.03. The van der Waals surface area contributed by atoms with Gasteiger partial charge in [0.05, 0.1) is 27.6 Å². The molecular formula is C27H32F3N9O10S. The second-order valence-electron chi connectivity index (χ2n) is 9.67. The third-order valence-corrected chi connectivity index (χ3v) is 7.45. The number of benzene rings is 2. The topological polar surface area (TPSA) is 262 Å². The third-order valence-electron chi connectivity index (χ3n) is 6.06. The number of hydrogen-bond acceptors (Lipinski definition) is 14. The van der Waals surface area contributed by atoms with Crippen LogP contribution in [0.5, 0.6) is 6.01 Å². The first-order chi connectivity index (χ1) is 23.4. The van der Waals surface area contributed by atoms with Gasteiger partial charge in [0.25, 0.3) is 21.4 Å². The van der Waals surface area contributed by atoms with Crippen molar-refractivity contribution in [2.45, 2.75) is 44.7 Å². The van der Waals surface area contributed by atoms with E-state index in [9.17, 15) is 51.4 Å². The van der Waals surface area contributed by atoms with E-state index in [4.69, 9.17) is 9.84 Å². The zero-order valence-electron chi connectivity index (χ0n) is 26.8. The van der Waals surface area contributed by atoms with Crippen molar-refractivity contribution in [3.63, 3.8) is 0 Å². The molecule has 0 atom stereocenters. The number of carboxylic acid groups (broad SMARTS) is 1. The van der Waals surface area contributed by atoms with Crippen molar-refractivity contribution in [2.75, 3.05) is 42.3 Å². The fourth-order valence-corrected chi connectivity index (χ4v) is 5.25. The summed E-state index contributed by atoms with van der Waals surface area (Å²) < 4.78 is 70.0. The molecule has 50 heavy (non-hydrogen) atoms. The van der Waals surface area contributed by atoms with Gasteiger partial charge >= 0.3 is 24.2 Å². The van der Waals surface area contributed by atoms with Crippen LogP contribution in [0.3, 0.4) is 0 Å². The number of carbonyl (C=O) groups is 2. The molecule has 1 aromatic heterocycles. The number of urea groups is 1. The molecule has 0 aliphatic rings. The molecule has 1 heterocycles. The minimum absolute atomic E-state index is 0.0776. The summed E-state index contributed by atoms with van der Waals surface area (Å²) >= 11 is 0. The fraction of sp³-hybridized carbons (Fsp3) is 0.370. The summed E-state index contributed by atoms with van der Waals surface area (Å²) in [5.41, 5.74) is -4.08. The normalized spacial score (nSPS) is 11.0. The van der Waals surface area contributed by atoms with Crippen LogP contribution >= 0.6 is 0 Å². The molecule has 0 saturated carbocycles. The van der Waals surface area contributed by atoms with E-state index in [2.05, 4.69) is 25.6 Å². The van der Waals surface area contributed by atoms with Crippen LogP contribution < -0.4 is 25.0 Å². The lowest BCUT2D eigenvalue weighted by molar-refractivity contribution is -0.393. The number of alkyl halides is 3. The first-order valence-corrected chi connectivity index (χ1v) is 15.9. The molecule has 0 bridgehead atoms. The standard InChI is InChI=1S/C14H16N6O6S.C13H16F3N3O4/c1-3-26-14-18-11(15-2)16-12(19-14)17-13(23)20-27(24,25)9-7-5-4-6-8(9)10(21)22;1-3-5-17(6-4-2)12-10(18(20)21)7-9(13(14,15)16)8-11(12)19(22)23/h4-7H,3H2,1-2H3,(H,21,22)(H3,15,16,17,18,19,20,23);7-8H,3-6H2,1-2H3. The Morgan fingerprint density at radius 3 is 1.96 bits per heavy atom. The number of ether oxygens (including phenoxy) is 1. The summed E-state index contributed by atoms with van der Waals surface area (Å²) in [5, 5.41) is 36.2. The molecule has 0 radical (unpaired) electrons. The number of rotatable bonds is 14. The molecular weight excluding hydrogens is 699 g/mol. The number of amides is 2. The summed E-state index contributed by atoms with van der Waals surface area (Å²) in [5.74, 6) is -1.63. The molecule has 0 aliphatic carbocycles. The van der Waals surface area contributed by atoms with Crippen molar-refractivity contribution in [1.29, 1.82) is 0 Å². The van der Waals surface area contributed by atoms with Gasteiger partial charge in [0.15, 0.2) is 5.69 Å². The molecule has 23 heteroatoms. The molecule has 3 aromatic rings. The summed E-state index contributed by atoms with van der Waals surface area (Å²) in [6.07, 6.45) is -3.83. The van der Waals surface area contributed by atoms with Gasteiger partial charge in [-0.05, 0) is 31.9 Å². The molecule has 19 nitrogen and oxygen atoms in total. The maximum atomic E-state index is 12.8. The average molecular weight is 732 g/mol. The molecule has 2 aromatic carbocycles. The summed E-state index contributed by atoms with van der Waals surface area (Å²) in [6, 6.07) is 4.29. The Hall–Kier alpha value is -5.87. The zero-order chi connectivity index (χ0) is 37.8. The van der Waals surface area contributed by atoms with Crippen LogP contribution in [0.2, 0.25) is 0 Å². The summed E-state index contributed by atoms with van der Waals surface area (Å²) in [7, 11) is -2.92. The van der Waals surface area contributed by atoms with Crippen LogP contribution in [0.25, 0.3) is 0 Å². The van der Waals surface area contributed by atoms with E-state index >= 15 is 0 Å². The third kappa shape index (κ3) is 10.8.